The van der Waals surface area contributed by atoms with Crippen molar-refractivity contribution in [2.24, 2.45) is 5.92 Å². The molecule has 2 aliphatic heterocycles. The maximum atomic E-state index is 12.3. The van der Waals surface area contributed by atoms with Crippen molar-refractivity contribution in [3.05, 3.63) is 27.7 Å². The minimum atomic E-state index is 0.0555. The molecule has 0 saturated carbocycles. The number of piperidine rings is 1. The summed E-state index contributed by atoms with van der Waals surface area (Å²) in [7, 11) is 0. The van der Waals surface area contributed by atoms with E-state index >= 15 is 0 Å². The van der Waals surface area contributed by atoms with Gasteiger partial charge in [-0.2, -0.15) is 5.10 Å². The molecule has 0 N–H and O–H groups in total. The predicted molar refractivity (Wildman–Crippen MR) is 102 cm³/mol. The van der Waals surface area contributed by atoms with E-state index in [9.17, 15) is 9.59 Å². The Kier molecular flexibility index (Phi) is 5.88. The number of amides is 1. The third kappa shape index (κ3) is 4.58. The van der Waals surface area contributed by atoms with Gasteiger partial charge >= 0.3 is 0 Å². The molecule has 3 aliphatic rings. The van der Waals surface area contributed by atoms with Crippen molar-refractivity contribution in [1.29, 1.82) is 0 Å². The van der Waals surface area contributed by atoms with E-state index in [0.717, 1.165) is 76.1 Å². The Labute approximate surface area is 160 Å². The largest absolute Gasteiger partial charge is 0.379 e. The van der Waals surface area contributed by atoms with E-state index < -0.39 is 0 Å². The quantitative estimate of drug-likeness (QED) is 0.759. The van der Waals surface area contributed by atoms with Gasteiger partial charge in [0.2, 0.25) is 5.91 Å². The van der Waals surface area contributed by atoms with Crippen molar-refractivity contribution in [3.63, 3.8) is 0 Å². The van der Waals surface area contributed by atoms with Crippen LogP contribution in [0.15, 0.2) is 10.9 Å². The zero-order chi connectivity index (χ0) is 18.6. The number of aryl methyl sites for hydroxylation is 2. The summed E-state index contributed by atoms with van der Waals surface area (Å²) in [5.41, 5.74) is 2.33. The fourth-order valence-electron chi connectivity index (χ4n) is 4.43. The van der Waals surface area contributed by atoms with Crippen LogP contribution in [0.4, 0.5) is 0 Å². The molecule has 1 aliphatic carbocycles. The molecule has 3 heterocycles. The van der Waals surface area contributed by atoms with Crippen LogP contribution in [0.2, 0.25) is 0 Å². The minimum absolute atomic E-state index is 0.0555. The van der Waals surface area contributed by atoms with Gasteiger partial charge in [-0.05, 0) is 56.7 Å². The zero-order valence-corrected chi connectivity index (χ0v) is 16.1. The molecule has 1 aromatic heterocycles. The Morgan fingerprint density at radius 1 is 1.04 bits per heavy atom. The number of carbonyl (C=O) groups is 1. The van der Waals surface area contributed by atoms with Gasteiger partial charge in [-0.3, -0.25) is 9.59 Å². The molecule has 2 saturated heterocycles. The van der Waals surface area contributed by atoms with Crippen LogP contribution in [0.5, 0.6) is 0 Å². The first kappa shape index (κ1) is 18.6. The smallest absolute Gasteiger partial charge is 0.267 e. The van der Waals surface area contributed by atoms with Crippen molar-refractivity contribution < 1.29 is 9.53 Å². The Morgan fingerprint density at radius 2 is 1.89 bits per heavy atom. The van der Waals surface area contributed by atoms with E-state index in [2.05, 4.69) is 10.00 Å². The van der Waals surface area contributed by atoms with Crippen LogP contribution in [0.25, 0.3) is 0 Å². The molecule has 0 radical (unpaired) electrons. The number of hydrogen-bond acceptors (Lipinski definition) is 5. The molecule has 1 aromatic rings. The van der Waals surface area contributed by atoms with Gasteiger partial charge in [0, 0.05) is 32.2 Å². The molecule has 1 amide bonds. The highest BCUT2D eigenvalue weighted by atomic mass is 16.5. The number of nitrogens with zero attached hydrogens (tertiary/aromatic N) is 4. The van der Waals surface area contributed by atoms with Crippen LogP contribution in [-0.2, 0) is 28.9 Å². The van der Waals surface area contributed by atoms with Gasteiger partial charge in [-0.1, -0.05) is 0 Å². The second kappa shape index (κ2) is 8.52. The van der Waals surface area contributed by atoms with Crippen molar-refractivity contribution >= 4 is 5.91 Å². The minimum Gasteiger partial charge on any atom is -0.379 e. The summed E-state index contributed by atoms with van der Waals surface area (Å²) < 4.78 is 7.08. The monoisotopic (exact) mass is 374 g/mol. The first-order valence-corrected chi connectivity index (χ1v) is 10.4. The van der Waals surface area contributed by atoms with Crippen LogP contribution in [0, 0.1) is 5.92 Å². The average Bonchev–Trinajstić information content (AvgIpc) is 3.01. The average molecular weight is 374 g/mol. The van der Waals surface area contributed by atoms with E-state index in [0.29, 0.717) is 32.1 Å². The van der Waals surface area contributed by atoms with Crippen molar-refractivity contribution in [3.8, 4) is 0 Å². The predicted octanol–water partition coefficient (Wildman–Crippen LogP) is 0.693. The molecule has 0 atom stereocenters. The number of ether oxygens (including phenoxy) is 1. The summed E-state index contributed by atoms with van der Waals surface area (Å²) in [5.74, 6) is 0.726. The van der Waals surface area contributed by atoms with Gasteiger partial charge in [-0.25, -0.2) is 4.68 Å². The number of carbonyl (C=O) groups excluding carboxylic acids is 1. The highest BCUT2D eigenvalue weighted by molar-refractivity contribution is 5.76. The highest BCUT2D eigenvalue weighted by Gasteiger charge is 2.23. The first-order valence-electron chi connectivity index (χ1n) is 10.4. The Bertz CT molecular complexity index is 724. The normalized spacial score (nSPS) is 22.1. The molecule has 0 aromatic carbocycles. The van der Waals surface area contributed by atoms with Crippen molar-refractivity contribution in [1.82, 2.24) is 19.6 Å². The summed E-state index contributed by atoms with van der Waals surface area (Å²) in [5, 5.41) is 4.62. The van der Waals surface area contributed by atoms with Gasteiger partial charge in [-0.15, -0.1) is 0 Å². The molecule has 2 fully saturated rings. The Morgan fingerprint density at radius 3 is 2.74 bits per heavy atom. The summed E-state index contributed by atoms with van der Waals surface area (Å²) in [6, 6.07) is 1.80. The summed E-state index contributed by atoms with van der Waals surface area (Å²) in [6.07, 6.45) is 5.81. The summed E-state index contributed by atoms with van der Waals surface area (Å²) in [6.45, 7) is 6.43. The topological polar surface area (TPSA) is 67.7 Å². The third-order valence-electron chi connectivity index (χ3n) is 6.17. The van der Waals surface area contributed by atoms with Gasteiger partial charge < -0.3 is 14.5 Å². The van der Waals surface area contributed by atoms with E-state index in [1.165, 1.54) is 0 Å². The second-order valence-electron chi connectivity index (χ2n) is 8.02. The third-order valence-corrected chi connectivity index (χ3v) is 6.17. The van der Waals surface area contributed by atoms with Gasteiger partial charge in [0.1, 0.15) is 0 Å². The molecule has 7 heteroatoms. The molecule has 0 spiro atoms. The molecular formula is C20H30N4O3. The molecule has 0 bridgehead atoms. The zero-order valence-electron chi connectivity index (χ0n) is 16.1. The standard InChI is InChI=1S/C20H30N4O3/c25-19-6-12-27-13-11-23(19)10-9-22-7-4-16(5-8-22)15-24-20(26)14-17-2-1-3-18(17)21-24/h14,16H,1-13,15H2. The summed E-state index contributed by atoms with van der Waals surface area (Å²) in [4.78, 5) is 28.7. The molecule has 27 heavy (non-hydrogen) atoms. The Balaban J connectivity index is 1.24. The fourth-order valence-corrected chi connectivity index (χ4v) is 4.43. The van der Waals surface area contributed by atoms with E-state index in [-0.39, 0.29) is 11.5 Å². The first-order chi connectivity index (χ1) is 13.2. The van der Waals surface area contributed by atoms with Crippen LogP contribution in [0.3, 0.4) is 0 Å². The lowest BCUT2D eigenvalue weighted by molar-refractivity contribution is -0.130. The number of likely N-dealkylation sites (tertiary alicyclic amines) is 1. The maximum absolute atomic E-state index is 12.3. The molecule has 148 valence electrons. The van der Waals surface area contributed by atoms with Gasteiger partial charge in [0.25, 0.3) is 5.56 Å². The second-order valence-corrected chi connectivity index (χ2v) is 8.02. The molecular weight excluding hydrogens is 344 g/mol. The van der Waals surface area contributed by atoms with Crippen LogP contribution >= 0.6 is 0 Å². The van der Waals surface area contributed by atoms with Crippen molar-refractivity contribution in [2.75, 3.05) is 45.9 Å². The van der Waals surface area contributed by atoms with E-state index in [1.54, 1.807) is 10.7 Å². The number of fused-ring (bicyclic) bond motifs is 1. The number of rotatable bonds is 5. The molecule has 7 nitrogen and oxygen atoms in total. The number of hydrogen-bond donors (Lipinski definition) is 0. The number of aromatic nitrogens is 2. The fraction of sp³-hybridized carbons (Fsp3) is 0.750. The van der Waals surface area contributed by atoms with E-state index in [4.69, 9.17) is 4.74 Å². The Hall–Kier alpha value is -1.73. The van der Waals surface area contributed by atoms with Crippen LogP contribution in [-0.4, -0.2) is 71.4 Å². The van der Waals surface area contributed by atoms with Crippen LogP contribution in [0.1, 0.15) is 36.9 Å². The lowest BCUT2D eigenvalue weighted by Gasteiger charge is -2.33. The molecule has 0 unspecified atom stereocenters. The van der Waals surface area contributed by atoms with Gasteiger partial charge in [0.05, 0.1) is 25.3 Å². The van der Waals surface area contributed by atoms with Crippen LogP contribution < -0.4 is 5.56 Å². The van der Waals surface area contributed by atoms with E-state index in [1.807, 2.05) is 4.90 Å². The lowest BCUT2D eigenvalue weighted by atomic mass is 9.97. The van der Waals surface area contributed by atoms with Crippen molar-refractivity contribution in [2.45, 2.75) is 45.1 Å². The highest BCUT2D eigenvalue weighted by Crippen LogP contribution is 2.20. The summed E-state index contributed by atoms with van der Waals surface area (Å²) >= 11 is 0. The lowest BCUT2D eigenvalue weighted by Crippen LogP contribution is -2.43. The van der Waals surface area contributed by atoms with Gasteiger partial charge in [0.15, 0.2) is 0 Å². The molecule has 4 rings (SSSR count). The maximum Gasteiger partial charge on any atom is 0.267 e. The SMILES string of the molecule is O=C1CCOCCN1CCN1CCC(Cn2nc3c(cc2=O)CCC3)CC1.